The van der Waals surface area contributed by atoms with Gasteiger partial charge in [-0.3, -0.25) is 20.3 Å². The lowest BCUT2D eigenvalue weighted by Gasteiger charge is -2.30. The van der Waals surface area contributed by atoms with Gasteiger partial charge in [0.1, 0.15) is 0 Å². The van der Waals surface area contributed by atoms with E-state index in [1.807, 2.05) is 33.2 Å². The zero-order valence-corrected chi connectivity index (χ0v) is 20.0. The van der Waals surface area contributed by atoms with Crippen molar-refractivity contribution in [2.45, 2.75) is 72.9 Å². The summed E-state index contributed by atoms with van der Waals surface area (Å²) in [6.07, 6.45) is 0.514. The summed E-state index contributed by atoms with van der Waals surface area (Å²) in [4.78, 5) is 23.0. The first-order valence-corrected chi connectivity index (χ1v) is 10.3. The molecule has 0 saturated carbocycles. The fraction of sp³-hybridized carbons (Fsp3) is 0.636. The van der Waals surface area contributed by atoms with Crippen LogP contribution in [0.5, 0.6) is 0 Å². The molecule has 30 heavy (non-hydrogen) atoms. The molecule has 2 amide bonds. The summed E-state index contributed by atoms with van der Waals surface area (Å²) < 4.78 is 0. The molecule has 0 saturated heterocycles. The summed E-state index contributed by atoms with van der Waals surface area (Å²) >= 11 is 0. The monoisotopic (exact) mass is 426 g/mol. The maximum absolute atomic E-state index is 11.6. The van der Waals surface area contributed by atoms with Crippen molar-refractivity contribution in [1.29, 1.82) is 0 Å². The summed E-state index contributed by atoms with van der Waals surface area (Å²) in [6.45, 7) is 15.0. The van der Waals surface area contributed by atoms with Crippen LogP contribution in [0.25, 0.3) is 0 Å². The van der Waals surface area contributed by atoms with Gasteiger partial charge in [0, 0.05) is 12.1 Å². The summed E-state index contributed by atoms with van der Waals surface area (Å²) in [5.41, 5.74) is 2.19. The van der Waals surface area contributed by atoms with E-state index in [1.54, 1.807) is 59.0 Å². The number of likely N-dealkylation sites (N-methyl/N-ethyl adjacent to an activating group) is 1. The molecular formula is C22H42N4O4. The fourth-order valence-electron chi connectivity index (χ4n) is 1.83. The third-order valence-electron chi connectivity index (χ3n) is 3.93. The number of carbonyl (C=O) groups excluding carboxylic acids is 2. The minimum Gasteiger partial charge on any atom is -0.394 e. The molecule has 0 aliphatic rings. The maximum atomic E-state index is 11.6. The Morgan fingerprint density at radius 2 is 1.47 bits per heavy atom. The minimum atomic E-state index is -0.605. The van der Waals surface area contributed by atoms with E-state index in [2.05, 4.69) is 16.0 Å². The van der Waals surface area contributed by atoms with Crippen LogP contribution >= 0.6 is 0 Å². The smallest absolute Gasteiger partial charge is 0.240 e. The van der Waals surface area contributed by atoms with Crippen LogP contribution in [0.2, 0.25) is 0 Å². The Morgan fingerprint density at radius 1 is 1.00 bits per heavy atom. The first kappa shape index (κ1) is 30.0. The molecule has 0 aromatic heterocycles. The number of benzene rings is 1. The van der Waals surface area contributed by atoms with Crippen LogP contribution < -0.4 is 21.4 Å². The highest BCUT2D eigenvalue weighted by Gasteiger charge is 2.29. The first-order valence-electron chi connectivity index (χ1n) is 10.3. The molecule has 0 bridgehead atoms. The maximum Gasteiger partial charge on any atom is 0.240 e. The van der Waals surface area contributed by atoms with E-state index >= 15 is 0 Å². The number of hydrogen-bond acceptors (Lipinski definition) is 6. The predicted octanol–water partition coefficient (Wildman–Crippen LogP) is 3.37. The van der Waals surface area contributed by atoms with Crippen molar-refractivity contribution in [3.63, 3.8) is 0 Å². The molecule has 8 nitrogen and oxygen atoms in total. The molecule has 1 aromatic carbocycles. The summed E-state index contributed by atoms with van der Waals surface area (Å²) in [7, 11) is 1.73. The van der Waals surface area contributed by atoms with Gasteiger partial charge in [-0.15, -0.1) is 0 Å². The largest absolute Gasteiger partial charge is 0.394 e. The van der Waals surface area contributed by atoms with Crippen molar-refractivity contribution < 1.29 is 19.9 Å². The van der Waals surface area contributed by atoms with Gasteiger partial charge in [0.25, 0.3) is 0 Å². The van der Waals surface area contributed by atoms with Gasteiger partial charge in [0.05, 0.1) is 23.4 Å². The predicted molar refractivity (Wildman–Crippen MR) is 124 cm³/mol. The van der Waals surface area contributed by atoms with Gasteiger partial charge in [-0.1, -0.05) is 27.7 Å². The van der Waals surface area contributed by atoms with Crippen LogP contribution in [-0.4, -0.2) is 46.9 Å². The molecular weight excluding hydrogens is 384 g/mol. The van der Waals surface area contributed by atoms with E-state index in [-0.39, 0.29) is 18.4 Å². The van der Waals surface area contributed by atoms with Gasteiger partial charge in [0.2, 0.25) is 11.8 Å². The zero-order valence-electron chi connectivity index (χ0n) is 20.0. The average molecular weight is 427 g/mol. The Hall–Kier alpha value is -2.16. The second-order valence-corrected chi connectivity index (χ2v) is 8.21. The van der Waals surface area contributed by atoms with Crippen molar-refractivity contribution >= 4 is 23.2 Å². The molecule has 0 spiro atoms. The zero-order chi connectivity index (χ0) is 24.0. The van der Waals surface area contributed by atoms with E-state index < -0.39 is 11.1 Å². The normalized spacial score (nSPS) is 10.8. The highest BCUT2D eigenvalue weighted by atomic mass is 16.5. The van der Waals surface area contributed by atoms with Gasteiger partial charge in [0.15, 0.2) is 0 Å². The van der Waals surface area contributed by atoms with Crippen molar-refractivity contribution in [2.24, 2.45) is 5.92 Å². The first-order chi connectivity index (χ1) is 13.9. The van der Waals surface area contributed by atoms with E-state index in [0.717, 1.165) is 5.69 Å². The summed E-state index contributed by atoms with van der Waals surface area (Å²) in [5.74, 6) is 0.243. The van der Waals surface area contributed by atoms with E-state index in [0.29, 0.717) is 18.0 Å². The molecule has 1 aromatic rings. The molecule has 0 heterocycles. The van der Waals surface area contributed by atoms with Crippen LogP contribution in [0.1, 0.15) is 61.8 Å². The average Bonchev–Trinajstić information content (AvgIpc) is 2.69. The van der Waals surface area contributed by atoms with Crippen LogP contribution in [0.4, 0.5) is 11.4 Å². The molecule has 0 fully saturated rings. The van der Waals surface area contributed by atoms with Crippen molar-refractivity contribution in [1.82, 2.24) is 10.6 Å². The quantitative estimate of drug-likeness (QED) is 0.354. The van der Waals surface area contributed by atoms with Crippen LogP contribution in [0, 0.1) is 5.92 Å². The number of hydrogen-bond donors (Lipinski definition) is 6. The molecule has 6 N–H and O–H groups in total. The van der Waals surface area contributed by atoms with Gasteiger partial charge in [-0.2, -0.15) is 0 Å². The second kappa shape index (κ2) is 14.8. The Morgan fingerprint density at radius 3 is 1.83 bits per heavy atom. The lowest BCUT2D eigenvalue weighted by atomic mass is 10.0. The number of aliphatic hydroxyl groups is 1. The summed E-state index contributed by atoms with van der Waals surface area (Å²) in [5, 5.41) is 26.0. The lowest BCUT2D eigenvalue weighted by Crippen LogP contribution is -2.57. The number of nitrogens with one attached hydrogen (secondary N) is 4. The van der Waals surface area contributed by atoms with Gasteiger partial charge >= 0.3 is 0 Å². The molecule has 8 heteroatoms. The standard InChI is InChI=1S/C11H16N2O2.C9H20N2O2.C2H6/c1-8(2)7-11(14)12-9-3-5-10(13-15)6-4-9;1-8(2,6-12)11-7(13)9(3,4)10-5;1-2/h3-6,8,13,15H,7H2,1-2H3,(H,12,14);10,12H,6H2,1-5H3,(H,11,13);1-2H3. The Bertz CT molecular complexity index is 614. The third-order valence-corrected chi connectivity index (χ3v) is 3.93. The summed E-state index contributed by atoms with van der Waals surface area (Å²) in [6, 6.07) is 6.84. The van der Waals surface area contributed by atoms with Gasteiger partial charge < -0.3 is 21.1 Å². The topological polar surface area (TPSA) is 123 Å². The van der Waals surface area contributed by atoms with Crippen LogP contribution in [0.15, 0.2) is 24.3 Å². The second-order valence-electron chi connectivity index (χ2n) is 8.21. The lowest BCUT2D eigenvalue weighted by molar-refractivity contribution is -0.128. The number of carbonyl (C=O) groups is 2. The van der Waals surface area contributed by atoms with Crippen LogP contribution in [0.3, 0.4) is 0 Å². The number of aliphatic hydroxyl groups excluding tert-OH is 1. The number of amides is 2. The Kier molecular flexibility index (Phi) is 14.8. The molecule has 0 atom stereocenters. The van der Waals surface area contributed by atoms with Gasteiger partial charge in [-0.25, -0.2) is 0 Å². The highest BCUT2D eigenvalue weighted by Crippen LogP contribution is 2.13. The van der Waals surface area contributed by atoms with Crippen molar-refractivity contribution in [3.8, 4) is 0 Å². The highest BCUT2D eigenvalue weighted by molar-refractivity contribution is 5.91. The van der Waals surface area contributed by atoms with E-state index in [4.69, 9.17) is 10.3 Å². The minimum absolute atomic E-state index is 0.00899. The number of anilines is 2. The Labute approximate surface area is 181 Å². The number of rotatable bonds is 8. The van der Waals surface area contributed by atoms with Crippen LogP contribution in [-0.2, 0) is 9.59 Å². The Balaban J connectivity index is 0. The molecule has 0 aliphatic heterocycles. The van der Waals surface area contributed by atoms with Crippen molar-refractivity contribution in [3.05, 3.63) is 24.3 Å². The molecule has 0 aliphatic carbocycles. The molecule has 174 valence electrons. The third kappa shape index (κ3) is 13.1. The molecule has 0 radical (unpaired) electrons. The SMILES string of the molecule is CC.CC(C)CC(=O)Nc1ccc(NO)cc1.CNC(C)(C)C(=O)NC(C)(C)CO. The fourth-order valence-corrected chi connectivity index (χ4v) is 1.83. The van der Waals surface area contributed by atoms with E-state index in [1.165, 1.54) is 0 Å². The molecule has 0 unspecified atom stereocenters. The van der Waals surface area contributed by atoms with E-state index in [9.17, 15) is 9.59 Å². The van der Waals surface area contributed by atoms with Crippen molar-refractivity contribution in [2.75, 3.05) is 24.5 Å². The van der Waals surface area contributed by atoms with Gasteiger partial charge in [-0.05, 0) is 64.9 Å². The molecule has 1 rings (SSSR count).